The van der Waals surface area contributed by atoms with E-state index < -0.39 is 0 Å². The lowest BCUT2D eigenvalue weighted by molar-refractivity contribution is -0.121. The molecule has 0 aromatic rings. The molecular weight excluding hydrogens is 399 g/mol. The van der Waals surface area contributed by atoms with Crippen LogP contribution in [0.1, 0.15) is 38.5 Å². The summed E-state index contributed by atoms with van der Waals surface area (Å²) in [6.07, 6.45) is 6.38. The molecule has 1 saturated carbocycles. The van der Waals surface area contributed by atoms with Crippen molar-refractivity contribution in [2.24, 2.45) is 4.99 Å². The Bertz CT molecular complexity index is 344. The van der Waals surface area contributed by atoms with Crippen molar-refractivity contribution in [3.63, 3.8) is 0 Å². The Morgan fingerprint density at radius 2 is 2.10 bits per heavy atom. The minimum Gasteiger partial charge on any atom is -0.356 e. The number of rotatable bonds is 7. The van der Waals surface area contributed by atoms with Gasteiger partial charge in [-0.25, -0.2) is 0 Å². The van der Waals surface area contributed by atoms with Crippen LogP contribution in [0.4, 0.5) is 0 Å². The number of hydrogen-bond acceptors (Lipinski definition) is 3. The van der Waals surface area contributed by atoms with Crippen molar-refractivity contribution in [3.8, 4) is 0 Å². The Balaban J connectivity index is 0.00000220. The van der Waals surface area contributed by atoms with Crippen molar-refractivity contribution in [3.05, 3.63) is 0 Å². The van der Waals surface area contributed by atoms with Gasteiger partial charge in [-0.15, -0.1) is 24.0 Å². The van der Waals surface area contributed by atoms with E-state index in [2.05, 4.69) is 20.9 Å². The van der Waals surface area contributed by atoms with Gasteiger partial charge in [0.1, 0.15) is 0 Å². The normalized spacial score (nSPS) is 21.6. The molecule has 7 heteroatoms. The van der Waals surface area contributed by atoms with Gasteiger partial charge in [0.15, 0.2) is 5.96 Å². The predicted molar refractivity (Wildman–Crippen MR) is 101 cm³/mol. The lowest BCUT2D eigenvalue weighted by atomic mass is 10.2. The molecule has 2 rings (SSSR count). The van der Waals surface area contributed by atoms with E-state index in [9.17, 15) is 4.79 Å². The van der Waals surface area contributed by atoms with Crippen molar-refractivity contribution < 1.29 is 4.79 Å². The van der Waals surface area contributed by atoms with Crippen molar-refractivity contribution >= 4 is 47.6 Å². The first-order chi connectivity index (χ1) is 9.78. The molecule has 0 aromatic carbocycles. The largest absolute Gasteiger partial charge is 0.356 e. The van der Waals surface area contributed by atoms with E-state index in [0.717, 1.165) is 43.6 Å². The number of amides is 1. The van der Waals surface area contributed by atoms with E-state index in [0.29, 0.717) is 12.5 Å². The Hall–Kier alpha value is -0.180. The molecule has 2 fully saturated rings. The smallest absolute Gasteiger partial charge is 0.220 e. The van der Waals surface area contributed by atoms with E-state index in [1.807, 2.05) is 11.8 Å². The van der Waals surface area contributed by atoms with Gasteiger partial charge in [-0.2, -0.15) is 11.8 Å². The third kappa shape index (κ3) is 8.13. The molecule has 122 valence electrons. The average Bonchev–Trinajstić information content (AvgIpc) is 3.10. The zero-order valence-electron chi connectivity index (χ0n) is 12.7. The van der Waals surface area contributed by atoms with Gasteiger partial charge in [0.05, 0.1) is 0 Å². The van der Waals surface area contributed by atoms with Gasteiger partial charge in [0.2, 0.25) is 5.91 Å². The van der Waals surface area contributed by atoms with Gasteiger partial charge in [-0.05, 0) is 37.9 Å². The topological polar surface area (TPSA) is 65.5 Å². The van der Waals surface area contributed by atoms with Crippen LogP contribution < -0.4 is 16.0 Å². The van der Waals surface area contributed by atoms with Gasteiger partial charge in [0, 0.05) is 37.8 Å². The summed E-state index contributed by atoms with van der Waals surface area (Å²) in [6.45, 7) is 1.77. The molecule has 0 bridgehead atoms. The summed E-state index contributed by atoms with van der Waals surface area (Å²) < 4.78 is 0. The van der Waals surface area contributed by atoms with Crippen LogP contribution in [0.15, 0.2) is 4.99 Å². The second-order valence-electron chi connectivity index (χ2n) is 5.46. The van der Waals surface area contributed by atoms with Crippen LogP contribution in [0, 0.1) is 0 Å². The van der Waals surface area contributed by atoms with Crippen molar-refractivity contribution in [2.45, 2.75) is 49.8 Å². The molecule has 1 aliphatic heterocycles. The monoisotopic (exact) mass is 426 g/mol. The van der Waals surface area contributed by atoms with Gasteiger partial charge in [0.25, 0.3) is 0 Å². The molecule has 1 atom stereocenters. The van der Waals surface area contributed by atoms with Crippen LogP contribution in [0.2, 0.25) is 0 Å². The summed E-state index contributed by atoms with van der Waals surface area (Å²) in [7, 11) is 1.79. The Labute approximate surface area is 148 Å². The van der Waals surface area contributed by atoms with E-state index in [-0.39, 0.29) is 29.9 Å². The molecule has 0 radical (unpaired) electrons. The van der Waals surface area contributed by atoms with Crippen LogP contribution in [0.25, 0.3) is 0 Å². The Morgan fingerprint density at radius 3 is 2.71 bits per heavy atom. The number of aliphatic imine (C=N–C) groups is 1. The number of thioether (sulfide) groups is 1. The van der Waals surface area contributed by atoms with Gasteiger partial charge >= 0.3 is 0 Å². The third-order valence-corrected chi connectivity index (χ3v) is 4.96. The zero-order chi connectivity index (χ0) is 14.2. The predicted octanol–water partition coefficient (Wildman–Crippen LogP) is 1.72. The molecule has 0 spiro atoms. The molecule has 1 heterocycles. The maximum absolute atomic E-state index is 11.5. The Kier molecular flexibility index (Phi) is 9.46. The number of guanidine groups is 1. The number of nitrogens with zero attached hydrogens (tertiary/aromatic N) is 1. The standard InChI is InChI=1S/C14H26N4OS.HI/c1-15-14(17-10-12-4-3-9-20-12)16-8-2-5-13(19)18-11-6-7-11;/h11-12H,2-10H2,1H3,(H,18,19)(H2,15,16,17);1H. The molecule has 1 unspecified atom stereocenters. The first-order valence-corrected chi connectivity index (χ1v) is 8.68. The van der Waals surface area contributed by atoms with Crippen LogP contribution in [0.5, 0.6) is 0 Å². The van der Waals surface area contributed by atoms with E-state index in [1.165, 1.54) is 18.6 Å². The molecule has 3 N–H and O–H groups in total. The van der Waals surface area contributed by atoms with E-state index >= 15 is 0 Å². The molecular formula is C14H27IN4OS. The minimum absolute atomic E-state index is 0. The van der Waals surface area contributed by atoms with Crippen LogP contribution in [-0.2, 0) is 4.79 Å². The van der Waals surface area contributed by atoms with Crippen LogP contribution in [0.3, 0.4) is 0 Å². The summed E-state index contributed by atoms with van der Waals surface area (Å²) >= 11 is 2.04. The summed E-state index contributed by atoms with van der Waals surface area (Å²) in [5.74, 6) is 2.31. The lowest BCUT2D eigenvalue weighted by Crippen LogP contribution is -2.40. The maximum atomic E-state index is 11.5. The van der Waals surface area contributed by atoms with Crippen molar-refractivity contribution in [2.75, 3.05) is 25.9 Å². The van der Waals surface area contributed by atoms with Gasteiger partial charge in [-0.3, -0.25) is 9.79 Å². The highest BCUT2D eigenvalue weighted by Crippen LogP contribution is 2.25. The molecule has 1 aliphatic carbocycles. The minimum atomic E-state index is 0. The summed E-state index contributed by atoms with van der Waals surface area (Å²) in [6, 6.07) is 0.466. The second kappa shape index (κ2) is 10.5. The maximum Gasteiger partial charge on any atom is 0.220 e. The molecule has 1 saturated heterocycles. The van der Waals surface area contributed by atoms with Crippen molar-refractivity contribution in [1.82, 2.24) is 16.0 Å². The van der Waals surface area contributed by atoms with Crippen LogP contribution in [-0.4, -0.2) is 49.0 Å². The first kappa shape index (κ1) is 18.9. The number of carbonyl (C=O) groups is 1. The highest BCUT2D eigenvalue weighted by molar-refractivity contribution is 14.0. The fraction of sp³-hybridized carbons (Fsp3) is 0.857. The zero-order valence-corrected chi connectivity index (χ0v) is 15.8. The molecule has 1 amide bonds. The molecule has 21 heavy (non-hydrogen) atoms. The number of hydrogen-bond donors (Lipinski definition) is 3. The first-order valence-electron chi connectivity index (χ1n) is 7.63. The van der Waals surface area contributed by atoms with Crippen molar-refractivity contribution in [1.29, 1.82) is 0 Å². The molecule has 5 nitrogen and oxygen atoms in total. The lowest BCUT2D eigenvalue weighted by Gasteiger charge is -2.14. The number of halogens is 1. The van der Waals surface area contributed by atoms with E-state index in [1.54, 1.807) is 7.05 Å². The second-order valence-corrected chi connectivity index (χ2v) is 6.87. The quantitative estimate of drug-likeness (QED) is 0.251. The highest BCUT2D eigenvalue weighted by Gasteiger charge is 2.22. The fourth-order valence-corrected chi connectivity index (χ4v) is 3.42. The molecule has 2 aliphatic rings. The van der Waals surface area contributed by atoms with E-state index in [4.69, 9.17) is 0 Å². The van der Waals surface area contributed by atoms with Gasteiger partial charge in [-0.1, -0.05) is 0 Å². The molecule has 0 aromatic heterocycles. The summed E-state index contributed by atoms with van der Waals surface area (Å²) in [5, 5.41) is 10.3. The van der Waals surface area contributed by atoms with Crippen LogP contribution >= 0.6 is 35.7 Å². The number of nitrogens with one attached hydrogen (secondary N) is 3. The summed E-state index contributed by atoms with van der Waals surface area (Å²) in [4.78, 5) is 15.7. The Morgan fingerprint density at radius 1 is 1.29 bits per heavy atom. The summed E-state index contributed by atoms with van der Waals surface area (Å²) in [5.41, 5.74) is 0. The SMILES string of the molecule is CN=C(NCCCC(=O)NC1CC1)NCC1CCCS1.I. The fourth-order valence-electron chi connectivity index (χ4n) is 2.22. The number of carbonyl (C=O) groups excluding carboxylic acids is 1. The highest BCUT2D eigenvalue weighted by atomic mass is 127. The van der Waals surface area contributed by atoms with Gasteiger partial charge < -0.3 is 16.0 Å². The average molecular weight is 426 g/mol. The third-order valence-electron chi connectivity index (χ3n) is 3.56.